The van der Waals surface area contributed by atoms with Crippen molar-refractivity contribution in [3.8, 4) is 0 Å². The summed E-state index contributed by atoms with van der Waals surface area (Å²) in [6.45, 7) is 1.89. The molecule has 0 aromatic rings. The highest BCUT2D eigenvalue weighted by molar-refractivity contribution is 5.90. The molecule has 2 saturated heterocycles. The standard InChI is InChI=1S/C12H19N3O5/c1-12(20)3-2-4-14(7-12)11(19)15-6-9(16)13-5-8(15)10(17)18/h8,20H,2-7H2,1H3,(H,13,16)(H,17,18). The Bertz CT molecular complexity index is 437. The van der Waals surface area contributed by atoms with Gasteiger partial charge in [-0.2, -0.15) is 0 Å². The van der Waals surface area contributed by atoms with Crippen molar-refractivity contribution in [2.75, 3.05) is 26.2 Å². The summed E-state index contributed by atoms with van der Waals surface area (Å²) in [6, 6.07) is -1.57. The van der Waals surface area contributed by atoms with E-state index in [4.69, 9.17) is 5.11 Å². The second-order valence-electron chi connectivity index (χ2n) is 5.59. The topological polar surface area (TPSA) is 110 Å². The van der Waals surface area contributed by atoms with Gasteiger partial charge < -0.3 is 20.4 Å². The van der Waals surface area contributed by atoms with Gasteiger partial charge in [0.2, 0.25) is 5.91 Å². The van der Waals surface area contributed by atoms with E-state index >= 15 is 0 Å². The molecule has 0 bridgehead atoms. The quantitative estimate of drug-likeness (QED) is 0.563. The van der Waals surface area contributed by atoms with Gasteiger partial charge in [0.1, 0.15) is 12.6 Å². The maximum absolute atomic E-state index is 12.4. The molecule has 8 nitrogen and oxygen atoms in total. The number of nitrogens with one attached hydrogen (secondary N) is 1. The number of aliphatic carboxylic acids is 1. The lowest BCUT2D eigenvalue weighted by atomic mass is 9.95. The van der Waals surface area contributed by atoms with Crippen molar-refractivity contribution in [3.05, 3.63) is 0 Å². The fraction of sp³-hybridized carbons (Fsp3) is 0.750. The number of carbonyl (C=O) groups excluding carboxylic acids is 2. The van der Waals surface area contributed by atoms with E-state index in [9.17, 15) is 19.5 Å². The molecule has 2 aliphatic rings. The molecule has 0 saturated carbocycles. The molecule has 2 unspecified atom stereocenters. The number of carboxylic acid groups (broad SMARTS) is 1. The van der Waals surface area contributed by atoms with Crippen molar-refractivity contribution in [1.82, 2.24) is 15.1 Å². The van der Waals surface area contributed by atoms with Crippen LogP contribution in [0, 0.1) is 0 Å². The molecule has 0 aromatic carbocycles. The Kier molecular flexibility index (Phi) is 3.85. The second kappa shape index (κ2) is 5.28. The Morgan fingerprint density at radius 2 is 2.15 bits per heavy atom. The highest BCUT2D eigenvalue weighted by Gasteiger charge is 2.40. The van der Waals surface area contributed by atoms with E-state index < -0.39 is 23.6 Å². The number of likely N-dealkylation sites (tertiary alicyclic amines) is 1. The lowest BCUT2D eigenvalue weighted by Gasteiger charge is -2.41. The molecule has 2 atom stereocenters. The van der Waals surface area contributed by atoms with E-state index in [1.54, 1.807) is 6.92 Å². The normalized spacial score (nSPS) is 30.9. The van der Waals surface area contributed by atoms with Gasteiger partial charge in [0.15, 0.2) is 0 Å². The molecule has 0 radical (unpaired) electrons. The third-order valence-electron chi connectivity index (χ3n) is 3.66. The minimum atomic E-state index is -1.15. The Balaban J connectivity index is 2.12. The fourth-order valence-corrected chi connectivity index (χ4v) is 2.63. The first-order valence-electron chi connectivity index (χ1n) is 6.57. The molecular formula is C12H19N3O5. The third-order valence-corrected chi connectivity index (χ3v) is 3.66. The van der Waals surface area contributed by atoms with E-state index in [0.717, 1.165) is 4.90 Å². The van der Waals surface area contributed by atoms with E-state index in [2.05, 4.69) is 5.32 Å². The Labute approximate surface area is 116 Å². The minimum absolute atomic E-state index is 0.0931. The number of hydrogen-bond donors (Lipinski definition) is 3. The van der Waals surface area contributed by atoms with Gasteiger partial charge in [-0.1, -0.05) is 0 Å². The van der Waals surface area contributed by atoms with Crippen LogP contribution in [0.4, 0.5) is 4.79 Å². The Morgan fingerprint density at radius 3 is 2.75 bits per heavy atom. The SMILES string of the molecule is CC1(O)CCCN(C(=O)N2CC(=O)NCC2C(=O)O)C1. The third kappa shape index (κ3) is 3.01. The van der Waals surface area contributed by atoms with Gasteiger partial charge in [-0.3, -0.25) is 9.69 Å². The summed E-state index contributed by atoms with van der Waals surface area (Å²) < 4.78 is 0. The summed E-state index contributed by atoms with van der Waals surface area (Å²) in [7, 11) is 0. The fourth-order valence-electron chi connectivity index (χ4n) is 2.63. The van der Waals surface area contributed by atoms with Crippen molar-refractivity contribution in [3.63, 3.8) is 0 Å². The van der Waals surface area contributed by atoms with Gasteiger partial charge in [0.05, 0.1) is 12.1 Å². The number of piperazine rings is 1. The van der Waals surface area contributed by atoms with E-state index in [1.807, 2.05) is 0 Å². The molecule has 112 valence electrons. The molecule has 2 rings (SSSR count). The zero-order valence-corrected chi connectivity index (χ0v) is 11.3. The average Bonchev–Trinajstić information content (AvgIpc) is 2.36. The van der Waals surface area contributed by atoms with Crippen molar-refractivity contribution in [2.45, 2.75) is 31.4 Å². The molecule has 2 fully saturated rings. The lowest BCUT2D eigenvalue weighted by molar-refractivity contribution is -0.144. The molecule has 3 amide bonds. The predicted octanol–water partition coefficient (Wildman–Crippen LogP) is -1.16. The van der Waals surface area contributed by atoms with E-state index in [-0.39, 0.29) is 25.5 Å². The first-order valence-corrected chi connectivity index (χ1v) is 6.57. The molecule has 2 aliphatic heterocycles. The summed E-state index contributed by atoms with van der Waals surface area (Å²) in [5.74, 6) is -1.53. The summed E-state index contributed by atoms with van der Waals surface area (Å²) >= 11 is 0. The van der Waals surface area contributed by atoms with Crippen LogP contribution in [0.5, 0.6) is 0 Å². The van der Waals surface area contributed by atoms with Gasteiger partial charge in [-0.25, -0.2) is 9.59 Å². The number of hydrogen-bond acceptors (Lipinski definition) is 4. The highest BCUT2D eigenvalue weighted by Crippen LogP contribution is 2.22. The summed E-state index contributed by atoms with van der Waals surface area (Å²) in [4.78, 5) is 37.4. The molecule has 3 N–H and O–H groups in total. The van der Waals surface area contributed by atoms with Crippen LogP contribution < -0.4 is 5.32 Å². The predicted molar refractivity (Wildman–Crippen MR) is 68.0 cm³/mol. The highest BCUT2D eigenvalue weighted by atomic mass is 16.4. The van der Waals surface area contributed by atoms with E-state index in [1.165, 1.54) is 4.90 Å². The van der Waals surface area contributed by atoms with Crippen LogP contribution in [0.15, 0.2) is 0 Å². The number of carboxylic acids is 1. The maximum atomic E-state index is 12.4. The number of β-amino-alcohol motifs (C(OH)–C–C–N with tert-alkyl or cyclic N) is 1. The van der Waals surface area contributed by atoms with Crippen LogP contribution in [0.1, 0.15) is 19.8 Å². The largest absolute Gasteiger partial charge is 0.480 e. The monoisotopic (exact) mass is 285 g/mol. The van der Waals surface area contributed by atoms with Gasteiger partial charge in [0, 0.05) is 13.1 Å². The zero-order chi connectivity index (χ0) is 14.9. The van der Waals surface area contributed by atoms with Crippen LogP contribution in [0.25, 0.3) is 0 Å². The smallest absolute Gasteiger partial charge is 0.328 e. The van der Waals surface area contributed by atoms with Gasteiger partial charge in [-0.15, -0.1) is 0 Å². The van der Waals surface area contributed by atoms with Crippen LogP contribution in [-0.4, -0.2) is 75.7 Å². The van der Waals surface area contributed by atoms with Crippen LogP contribution in [0.2, 0.25) is 0 Å². The number of piperidine rings is 1. The number of carbonyl (C=O) groups is 3. The Morgan fingerprint density at radius 1 is 1.45 bits per heavy atom. The zero-order valence-electron chi connectivity index (χ0n) is 11.3. The number of urea groups is 1. The van der Waals surface area contributed by atoms with Crippen molar-refractivity contribution in [1.29, 1.82) is 0 Å². The Hall–Kier alpha value is -1.83. The van der Waals surface area contributed by atoms with Gasteiger partial charge >= 0.3 is 12.0 Å². The molecule has 0 aromatic heterocycles. The minimum Gasteiger partial charge on any atom is -0.480 e. The molecule has 8 heteroatoms. The molecule has 2 heterocycles. The van der Waals surface area contributed by atoms with Crippen LogP contribution in [-0.2, 0) is 9.59 Å². The van der Waals surface area contributed by atoms with Crippen LogP contribution in [0.3, 0.4) is 0 Å². The number of amides is 3. The van der Waals surface area contributed by atoms with Crippen molar-refractivity contribution < 1.29 is 24.6 Å². The van der Waals surface area contributed by atoms with Crippen LogP contribution >= 0.6 is 0 Å². The summed E-state index contributed by atoms with van der Waals surface area (Å²) in [5, 5.41) is 21.6. The second-order valence-corrected chi connectivity index (χ2v) is 5.59. The molecular weight excluding hydrogens is 266 g/mol. The summed E-state index contributed by atoms with van der Waals surface area (Å²) in [6.07, 6.45) is 1.25. The van der Waals surface area contributed by atoms with Gasteiger partial charge in [0.25, 0.3) is 0 Å². The lowest BCUT2D eigenvalue weighted by Crippen LogP contribution is -2.63. The van der Waals surface area contributed by atoms with Crippen molar-refractivity contribution in [2.24, 2.45) is 0 Å². The first kappa shape index (κ1) is 14.6. The molecule has 20 heavy (non-hydrogen) atoms. The molecule has 0 spiro atoms. The maximum Gasteiger partial charge on any atom is 0.328 e. The number of nitrogens with zero attached hydrogens (tertiary/aromatic N) is 2. The number of rotatable bonds is 1. The average molecular weight is 285 g/mol. The molecule has 0 aliphatic carbocycles. The van der Waals surface area contributed by atoms with E-state index in [0.29, 0.717) is 19.4 Å². The first-order chi connectivity index (χ1) is 9.30. The van der Waals surface area contributed by atoms with Gasteiger partial charge in [-0.05, 0) is 19.8 Å². The summed E-state index contributed by atoms with van der Waals surface area (Å²) in [5.41, 5.74) is -0.968. The number of aliphatic hydroxyl groups is 1. The van der Waals surface area contributed by atoms with Crippen molar-refractivity contribution >= 4 is 17.9 Å².